The molecule has 4 nitrogen and oxygen atoms in total. The van der Waals surface area contributed by atoms with Gasteiger partial charge in [0.05, 0.1) is 13.7 Å². The topological polar surface area (TPSA) is 41.6 Å². The van der Waals surface area contributed by atoms with Crippen molar-refractivity contribution in [2.75, 3.05) is 26.7 Å². The fourth-order valence-corrected chi connectivity index (χ4v) is 2.27. The molecule has 1 aromatic carbocycles. The van der Waals surface area contributed by atoms with E-state index >= 15 is 0 Å². The number of amides is 1. The number of nitrogens with one attached hydrogen (secondary N) is 1. The Morgan fingerprint density at radius 1 is 1.50 bits per heavy atom. The first-order chi connectivity index (χ1) is 8.70. The van der Waals surface area contributed by atoms with Gasteiger partial charge in [0.2, 0.25) is 5.91 Å². The predicted molar refractivity (Wildman–Crippen MR) is 70.9 cm³/mol. The van der Waals surface area contributed by atoms with Crippen LogP contribution in [0.25, 0.3) is 0 Å². The summed E-state index contributed by atoms with van der Waals surface area (Å²) in [5.41, 5.74) is 0.945. The van der Waals surface area contributed by atoms with Crippen molar-refractivity contribution < 1.29 is 9.53 Å². The fraction of sp³-hybridized carbons (Fsp3) is 0.462. The molecular weight excluding hydrogens is 252 g/mol. The molecule has 0 bridgehead atoms. The monoisotopic (exact) mass is 268 g/mol. The summed E-state index contributed by atoms with van der Waals surface area (Å²) in [6.45, 7) is 2.60. The number of ether oxygens (including phenoxy) is 1. The fourth-order valence-electron chi connectivity index (χ4n) is 2.07. The molecule has 1 amide bonds. The number of carbonyl (C=O) groups excluding carboxylic acids is 1. The van der Waals surface area contributed by atoms with Crippen molar-refractivity contribution in [2.45, 2.75) is 13.0 Å². The van der Waals surface area contributed by atoms with Crippen LogP contribution in [-0.2, 0) is 11.3 Å². The summed E-state index contributed by atoms with van der Waals surface area (Å²) in [6.07, 6.45) is 0.967. The summed E-state index contributed by atoms with van der Waals surface area (Å²) >= 11 is 5.99. The zero-order chi connectivity index (χ0) is 13.0. The first-order valence-corrected chi connectivity index (χ1v) is 6.39. The third-order valence-electron chi connectivity index (χ3n) is 3.01. The summed E-state index contributed by atoms with van der Waals surface area (Å²) < 4.78 is 5.30. The van der Waals surface area contributed by atoms with Crippen LogP contribution < -0.4 is 10.1 Å². The standard InChI is InChI=1S/C13H17ClN2O2/c1-18-12-4-3-11(14)7-10(12)9-16-6-2-5-15-8-13(16)17/h3-4,7,15H,2,5-6,8-9H2,1H3. The van der Waals surface area contributed by atoms with E-state index in [2.05, 4.69) is 5.32 Å². The molecule has 18 heavy (non-hydrogen) atoms. The Hall–Kier alpha value is -1.26. The number of halogens is 1. The first-order valence-electron chi connectivity index (χ1n) is 6.01. The van der Waals surface area contributed by atoms with E-state index in [1.165, 1.54) is 0 Å². The minimum atomic E-state index is 0.120. The van der Waals surface area contributed by atoms with Crippen LogP contribution in [0.2, 0.25) is 5.02 Å². The lowest BCUT2D eigenvalue weighted by Gasteiger charge is -2.21. The van der Waals surface area contributed by atoms with E-state index in [1.54, 1.807) is 13.2 Å². The lowest BCUT2D eigenvalue weighted by Crippen LogP contribution is -2.34. The average Bonchev–Trinajstić information content (AvgIpc) is 2.55. The molecular formula is C13H17ClN2O2. The molecule has 1 aliphatic rings. The van der Waals surface area contributed by atoms with Gasteiger partial charge in [0.1, 0.15) is 5.75 Å². The van der Waals surface area contributed by atoms with Crippen molar-refractivity contribution in [3.05, 3.63) is 28.8 Å². The second kappa shape index (κ2) is 6.07. The van der Waals surface area contributed by atoms with Crippen LogP contribution in [0.5, 0.6) is 5.75 Å². The highest BCUT2D eigenvalue weighted by Crippen LogP contribution is 2.24. The SMILES string of the molecule is COc1ccc(Cl)cc1CN1CCCNCC1=O. The Morgan fingerprint density at radius 2 is 2.33 bits per heavy atom. The van der Waals surface area contributed by atoms with Gasteiger partial charge in [0.15, 0.2) is 0 Å². The highest BCUT2D eigenvalue weighted by atomic mass is 35.5. The number of rotatable bonds is 3. The van der Waals surface area contributed by atoms with Crippen molar-refractivity contribution in [3.8, 4) is 5.75 Å². The average molecular weight is 269 g/mol. The maximum atomic E-state index is 11.9. The van der Waals surface area contributed by atoms with E-state index in [1.807, 2.05) is 17.0 Å². The lowest BCUT2D eigenvalue weighted by atomic mass is 10.2. The Labute approximate surface area is 112 Å². The number of methoxy groups -OCH3 is 1. The van der Waals surface area contributed by atoms with E-state index in [0.717, 1.165) is 30.8 Å². The van der Waals surface area contributed by atoms with Gasteiger partial charge in [-0.1, -0.05) is 11.6 Å². The van der Waals surface area contributed by atoms with Gasteiger partial charge < -0.3 is 15.0 Å². The smallest absolute Gasteiger partial charge is 0.236 e. The summed E-state index contributed by atoms with van der Waals surface area (Å²) in [7, 11) is 1.62. The number of benzene rings is 1. The van der Waals surface area contributed by atoms with E-state index in [-0.39, 0.29) is 5.91 Å². The van der Waals surface area contributed by atoms with E-state index < -0.39 is 0 Å². The van der Waals surface area contributed by atoms with Crippen LogP contribution in [0.15, 0.2) is 18.2 Å². The van der Waals surface area contributed by atoms with Crippen LogP contribution in [0.4, 0.5) is 0 Å². The second-order valence-corrected chi connectivity index (χ2v) is 4.74. The number of hydrogen-bond donors (Lipinski definition) is 1. The van der Waals surface area contributed by atoms with Gasteiger partial charge in [-0.2, -0.15) is 0 Å². The molecule has 0 saturated carbocycles. The molecule has 0 radical (unpaired) electrons. The number of carbonyl (C=O) groups is 1. The Morgan fingerprint density at radius 3 is 3.11 bits per heavy atom. The zero-order valence-corrected chi connectivity index (χ0v) is 11.2. The van der Waals surface area contributed by atoms with Crippen LogP contribution in [0.3, 0.4) is 0 Å². The Kier molecular flexibility index (Phi) is 4.44. The molecule has 1 aromatic rings. The molecule has 5 heteroatoms. The maximum absolute atomic E-state index is 11.9. The molecule has 1 fully saturated rings. The summed E-state index contributed by atoms with van der Waals surface area (Å²) in [6, 6.07) is 5.47. The Bertz CT molecular complexity index is 437. The van der Waals surface area contributed by atoms with Crippen LogP contribution >= 0.6 is 11.6 Å². The summed E-state index contributed by atoms with van der Waals surface area (Å²) in [5.74, 6) is 0.888. The molecule has 0 unspecified atom stereocenters. The third kappa shape index (κ3) is 3.15. The van der Waals surface area contributed by atoms with Crippen LogP contribution in [0, 0.1) is 0 Å². The zero-order valence-electron chi connectivity index (χ0n) is 10.4. The van der Waals surface area contributed by atoms with Gasteiger partial charge in [-0.25, -0.2) is 0 Å². The normalized spacial score (nSPS) is 16.6. The molecule has 0 atom stereocenters. The molecule has 0 aromatic heterocycles. The Balaban J connectivity index is 2.16. The molecule has 1 saturated heterocycles. The van der Waals surface area contributed by atoms with Gasteiger partial charge in [-0.3, -0.25) is 4.79 Å². The van der Waals surface area contributed by atoms with Gasteiger partial charge in [0, 0.05) is 23.7 Å². The van der Waals surface area contributed by atoms with Crippen molar-refractivity contribution in [1.29, 1.82) is 0 Å². The van der Waals surface area contributed by atoms with Gasteiger partial charge in [0.25, 0.3) is 0 Å². The van der Waals surface area contributed by atoms with Crippen molar-refractivity contribution >= 4 is 17.5 Å². The molecule has 1 aliphatic heterocycles. The highest BCUT2D eigenvalue weighted by molar-refractivity contribution is 6.30. The maximum Gasteiger partial charge on any atom is 0.236 e. The predicted octanol–water partition coefficient (Wildman–Crippen LogP) is 1.67. The first kappa shape index (κ1) is 13.2. The second-order valence-electron chi connectivity index (χ2n) is 4.30. The number of nitrogens with zero attached hydrogens (tertiary/aromatic N) is 1. The third-order valence-corrected chi connectivity index (χ3v) is 3.25. The van der Waals surface area contributed by atoms with E-state index in [9.17, 15) is 4.79 Å². The molecule has 1 heterocycles. The largest absolute Gasteiger partial charge is 0.496 e. The van der Waals surface area contributed by atoms with Crippen molar-refractivity contribution in [3.63, 3.8) is 0 Å². The molecule has 1 N–H and O–H groups in total. The van der Waals surface area contributed by atoms with Crippen LogP contribution in [-0.4, -0.2) is 37.6 Å². The quantitative estimate of drug-likeness (QED) is 0.907. The molecule has 2 rings (SSSR count). The number of hydrogen-bond acceptors (Lipinski definition) is 3. The molecule has 0 spiro atoms. The van der Waals surface area contributed by atoms with Gasteiger partial charge >= 0.3 is 0 Å². The van der Waals surface area contributed by atoms with E-state index in [4.69, 9.17) is 16.3 Å². The van der Waals surface area contributed by atoms with Gasteiger partial charge in [-0.05, 0) is 31.2 Å². The van der Waals surface area contributed by atoms with E-state index in [0.29, 0.717) is 18.1 Å². The highest BCUT2D eigenvalue weighted by Gasteiger charge is 2.18. The minimum Gasteiger partial charge on any atom is -0.496 e. The van der Waals surface area contributed by atoms with Crippen molar-refractivity contribution in [1.82, 2.24) is 10.2 Å². The lowest BCUT2D eigenvalue weighted by molar-refractivity contribution is -0.130. The van der Waals surface area contributed by atoms with Gasteiger partial charge in [-0.15, -0.1) is 0 Å². The summed E-state index contributed by atoms with van der Waals surface area (Å²) in [4.78, 5) is 13.7. The molecule has 0 aliphatic carbocycles. The minimum absolute atomic E-state index is 0.120. The summed E-state index contributed by atoms with van der Waals surface area (Å²) in [5, 5.41) is 3.76. The van der Waals surface area contributed by atoms with Crippen molar-refractivity contribution in [2.24, 2.45) is 0 Å². The van der Waals surface area contributed by atoms with Crippen LogP contribution in [0.1, 0.15) is 12.0 Å². The molecule has 98 valence electrons.